The molecule has 0 bridgehead atoms. The molecule has 0 aromatic carbocycles. The van der Waals surface area contributed by atoms with Gasteiger partial charge < -0.3 is 14.4 Å². The largest absolute Gasteiger partial charge is 0.469 e. The number of nitrogens with zero attached hydrogens (tertiary/aromatic N) is 1. The third kappa shape index (κ3) is 7.78. The lowest BCUT2D eigenvalue weighted by atomic mass is 10.0. The summed E-state index contributed by atoms with van der Waals surface area (Å²) in [5, 5.41) is 0. The Bertz CT molecular complexity index is 327. The molecule has 0 radical (unpaired) electrons. The monoisotopic (exact) mass is 315 g/mol. The second kappa shape index (κ2) is 11.5. The van der Waals surface area contributed by atoms with Gasteiger partial charge in [-0.3, -0.25) is 9.59 Å². The number of hydrogen-bond acceptors (Lipinski definition) is 4. The lowest BCUT2D eigenvalue weighted by Crippen LogP contribution is -2.41. The van der Waals surface area contributed by atoms with Crippen LogP contribution < -0.4 is 0 Å². The number of amides is 1. The van der Waals surface area contributed by atoms with Gasteiger partial charge in [0.15, 0.2) is 0 Å². The number of carbonyl (C=O) groups excluding carboxylic acids is 2. The van der Waals surface area contributed by atoms with Gasteiger partial charge in [-0.15, -0.1) is 0 Å². The lowest BCUT2D eigenvalue weighted by molar-refractivity contribution is -0.147. The van der Waals surface area contributed by atoms with Crippen LogP contribution in [0, 0.1) is 11.8 Å². The zero-order chi connectivity index (χ0) is 17.1. The molecule has 0 saturated heterocycles. The topological polar surface area (TPSA) is 55.8 Å². The molecule has 0 heterocycles. The number of carbonyl (C=O) groups is 2. The molecule has 0 aliphatic carbocycles. The van der Waals surface area contributed by atoms with E-state index in [9.17, 15) is 9.59 Å². The van der Waals surface area contributed by atoms with Gasteiger partial charge in [0.2, 0.25) is 5.91 Å². The van der Waals surface area contributed by atoms with Crippen molar-refractivity contribution in [1.29, 1.82) is 0 Å². The van der Waals surface area contributed by atoms with E-state index in [1.165, 1.54) is 7.11 Å². The fourth-order valence-electron chi connectivity index (χ4n) is 2.37. The maximum atomic E-state index is 12.6. The molecule has 1 unspecified atom stereocenters. The first kappa shape index (κ1) is 20.9. The molecule has 1 atom stereocenters. The summed E-state index contributed by atoms with van der Waals surface area (Å²) in [7, 11) is 1.38. The average molecular weight is 315 g/mol. The van der Waals surface area contributed by atoms with Crippen LogP contribution in [0.5, 0.6) is 0 Å². The number of hydrogen-bond donors (Lipinski definition) is 0. The molecule has 130 valence electrons. The third-order valence-corrected chi connectivity index (χ3v) is 3.77. The predicted octanol–water partition coefficient (Wildman–Crippen LogP) is 2.88. The lowest BCUT2D eigenvalue weighted by Gasteiger charge is -2.28. The zero-order valence-electron chi connectivity index (χ0n) is 15.1. The number of rotatable bonds is 11. The summed E-state index contributed by atoms with van der Waals surface area (Å²) in [5.41, 5.74) is 0. The van der Waals surface area contributed by atoms with Crippen molar-refractivity contribution in [3.63, 3.8) is 0 Å². The zero-order valence-corrected chi connectivity index (χ0v) is 15.1. The first-order valence-electron chi connectivity index (χ1n) is 8.35. The van der Waals surface area contributed by atoms with Crippen LogP contribution in [-0.2, 0) is 19.1 Å². The Hall–Kier alpha value is -1.10. The minimum absolute atomic E-state index is 0.0239. The van der Waals surface area contributed by atoms with Crippen LogP contribution in [0.4, 0.5) is 0 Å². The van der Waals surface area contributed by atoms with E-state index in [1.807, 2.05) is 27.7 Å². The van der Waals surface area contributed by atoms with Crippen LogP contribution in [0.25, 0.3) is 0 Å². The maximum Gasteiger partial charge on any atom is 0.310 e. The highest BCUT2D eigenvalue weighted by Crippen LogP contribution is 2.14. The molecular weight excluding hydrogens is 282 g/mol. The quantitative estimate of drug-likeness (QED) is 0.434. The molecule has 0 aromatic heterocycles. The van der Waals surface area contributed by atoms with Gasteiger partial charge in [-0.2, -0.15) is 0 Å². The summed E-state index contributed by atoms with van der Waals surface area (Å²) in [4.78, 5) is 26.0. The van der Waals surface area contributed by atoms with Crippen LogP contribution in [0.15, 0.2) is 0 Å². The van der Waals surface area contributed by atoms with Crippen molar-refractivity contribution < 1.29 is 19.1 Å². The fourth-order valence-corrected chi connectivity index (χ4v) is 2.37. The Morgan fingerprint density at radius 1 is 1.09 bits per heavy atom. The van der Waals surface area contributed by atoms with Gasteiger partial charge >= 0.3 is 5.97 Å². The minimum atomic E-state index is -0.311. The first-order chi connectivity index (χ1) is 10.4. The van der Waals surface area contributed by atoms with Crippen molar-refractivity contribution in [2.24, 2.45) is 11.8 Å². The maximum absolute atomic E-state index is 12.6. The molecule has 5 heteroatoms. The molecule has 0 aliphatic rings. The molecule has 0 aliphatic heterocycles. The van der Waals surface area contributed by atoms with E-state index < -0.39 is 0 Å². The predicted molar refractivity (Wildman–Crippen MR) is 87.5 cm³/mol. The van der Waals surface area contributed by atoms with E-state index in [0.29, 0.717) is 19.7 Å². The second-order valence-electron chi connectivity index (χ2n) is 5.99. The van der Waals surface area contributed by atoms with Crippen LogP contribution in [0.3, 0.4) is 0 Å². The van der Waals surface area contributed by atoms with Crippen molar-refractivity contribution in [2.45, 2.75) is 60.0 Å². The molecule has 0 saturated carbocycles. The molecule has 0 fully saturated rings. The van der Waals surface area contributed by atoms with Crippen molar-refractivity contribution in [3.05, 3.63) is 0 Å². The average Bonchev–Trinajstić information content (AvgIpc) is 2.49. The van der Waals surface area contributed by atoms with Gasteiger partial charge in [0.05, 0.1) is 19.1 Å². The Morgan fingerprint density at radius 3 is 2.14 bits per heavy atom. The van der Waals surface area contributed by atoms with E-state index in [0.717, 1.165) is 19.3 Å². The number of esters is 1. The normalized spacial score (nSPS) is 12.5. The second-order valence-corrected chi connectivity index (χ2v) is 5.99. The molecule has 22 heavy (non-hydrogen) atoms. The van der Waals surface area contributed by atoms with Gasteiger partial charge in [-0.05, 0) is 33.1 Å². The summed E-state index contributed by atoms with van der Waals surface area (Å²) in [6.07, 6.45) is 2.61. The van der Waals surface area contributed by atoms with Gasteiger partial charge in [0.1, 0.15) is 0 Å². The SMILES string of the molecule is CCC(CC)C(=O)N(CCCOC(C)C)CC(C)C(=O)OC. The Morgan fingerprint density at radius 2 is 1.68 bits per heavy atom. The molecule has 1 amide bonds. The highest BCUT2D eigenvalue weighted by molar-refractivity contribution is 5.80. The Labute approximate surface area is 135 Å². The smallest absolute Gasteiger partial charge is 0.310 e. The summed E-state index contributed by atoms with van der Waals surface area (Å²) < 4.78 is 10.3. The van der Waals surface area contributed by atoms with Crippen molar-refractivity contribution in [3.8, 4) is 0 Å². The van der Waals surface area contributed by atoms with E-state index in [-0.39, 0.29) is 29.8 Å². The Kier molecular flexibility index (Phi) is 10.9. The molecule has 0 spiro atoms. The fraction of sp³-hybridized carbons (Fsp3) is 0.882. The highest BCUT2D eigenvalue weighted by Gasteiger charge is 2.25. The van der Waals surface area contributed by atoms with E-state index in [1.54, 1.807) is 11.8 Å². The number of methoxy groups -OCH3 is 1. The summed E-state index contributed by atoms with van der Waals surface area (Å²) in [6, 6.07) is 0. The summed E-state index contributed by atoms with van der Waals surface area (Å²) in [6.45, 7) is 11.5. The van der Waals surface area contributed by atoms with Gasteiger partial charge in [0, 0.05) is 25.6 Å². The van der Waals surface area contributed by atoms with Gasteiger partial charge in [-0.25, -0.2) is 0 Å². The van der Waals surface area contributed by atoms with Crippen molar-refractivity contribution in [2.75, 3.05) is 26.8 Å². The molecule has 5 nitrogen and oxygen atoms in total. The molecule has 0 rings (SSSR count). The van der Waals surface area contributed by atoms with Crippen LogP contribution >= 0.6 is 0 Å². The molecular formula is C17H33NO4. The van der Waals surface area contributed by atoms with E-state index in [2.05, 4.69) is 0 Å². The third-order valence-electron chi connectivity index (χ3n) is 3.77. The van der Waals surface area contributed by atoms with E-state index >= 15 is 0 Å². The molecule has 0 N–H and O–H groups in total. The van der Waals surface area contributed by atoms with E-state index in [4.69, 9.17) is 9.47 Å². The van der Waals surface area contributed by atoms with Crippen LogP contribution in [0.1, 0.15) is 53.9 Å². The molecule has 0 aromatic rings. The highest BCUT2D eigenvalue weighted by atomic mass is 16.5. The standard InChI is InChI=1S/C17H33NO4/c1-7-15(8-2)16(19)18(10-9-11-22-13(3)4)12-14(5)17(20)21-6/h13-15H,7-12H2,1-6H3. The number of ether oxygens (including phenoxy) is 2. The van der Waals surface area contributed by atoms with Gasteiger partial charge in [-0.1, -0.05) is 20.8 Å². The first-order valence-corrected chi connectivity index (χ1v) is 8.35. The van der Waals surface area contributed by atoms with Crippen LogP contribution in [-0.4, -0.2) is 49.7 Å². The summed E-state index contributed by atoms with van der Waals surface area (Å²) >= 11 is 0. The van der Waals surface area contributed by atoms with Crippen LogP contribution in [0.2, 0.25) is 0 Å². The van der Waals surface area contributed by atoms with Crippen molar-refractivity contribution >= 4 is 11.9 Å². The van der Waals surface area contributed by atoms with Crippen molar-refractivity contribution in [1.82, 2.24) is 4.90 Å². The minimum Gasteiger partial charge on any atom is -0.469 e. The van der Waals surface area contributed by atoms with Gasteiger partial charge in [0.25, 0.3) is 0 Å². The summed E-state index contributed by atoms with van der Waals surface area (Å²) in [5.74, 6) is -0.434. The Balaban J connectivity index is 4.68.